The molecular weight excluding hydrogens is 294 g/mol. The van der Waals surface area contributed by atoms with Gasteiger partial charge in [0.2, 0.25) is 0 Å². The van der Waals surface area contributed by atoms with Gasteiger partial charge < -0.3 is 19.7 Å². The molecule has 5 heteroatoms. The van der Waals surface area contributed by atoms with Crippen molar-refractivity contribution in [3.05, 3.63) is 34.9 Å². The standard InChI is InChI=1S/C18H29NO4/c1-14-4-5-16(10-15(14)2)11-19(7-9-22-3)12-17(20)18(21)6-8-23-13-18/h4-5,10,17,20-21H,6-9,11-13H2,1-3H3. The molecule has 0 saturated carbocycles. The van der Waals surface area contributed by atoms with E-state index in [-0.39, 0.29) is 6.61 Å². The molecule has 0 aliphatic carbocycles. The summed E-state index contributed by atoms with van der Waals surface area (Å²) < 4.78 is 10.4. The molecule has 0 amide bonds. The summed E-state index contributed by atoms with van der Waals surface area (Å²) in [7, 11) is 1.67. The van der Waals surface area contributed by atoms with Gasteiger partial charge in [-0.1, -0.05) is 18.2 Å². The van der Waals surface area contributed by atoms with Crippen LogP contribution in [0.15, 0.2) is 18.2 Å². The fourth-order valence-corrected chi connectivity index (χ4v) is 2.86. The quantitative estimate of drug-likeness (QED) is 0.754. The molecule has 1 aromatic carbocycles. The van der Waals surface area contributed by atoms with Crippen molar-refractivity contribution < 1.29 is 19.7 Å². The van der Waals surface area contributed by atoms with Crippen LogP contribution < -0.4 is 0 Å². The third kappa shape index (κ3) is 4.99. The smallest absolute Gasteiger partial charge is 0.117 e. The second-order valence-electron chi connectivity index (χ2n) is 6.57. The summed E-state index contributed by atoms with van der Waals surface area (Å²) in [6, 6.07) is 6.41. The van der Waals surface area contributed by atoms with E-state index < -0.39 is 11.7 Å². The van der Waals surface area contributed by atoms with Crippen LogP contribution in [0.2, 0.25) is 0 Å². The molecule has 1 heterocycles. The Balaban J connectivity index is 2.02. The molecule has 23 heavy (non-hydrogen) atoms. The SMILES string of the molecule is COCCN(Cc1ccc(C)c(C)c1)CC(O)C1(O)CCOC1. The number of aliphatic hydroxyl groups is 2. The summed E-state index contributed by atoms with van der Waals surface area (Å²) in [5.74, 6) is 0. The maximum atomic E-state index is 10.4. The van der Waals surface area contributed by atoms with Crippen molar-refractivity contribution in [2.24, 2.45) is 0 Å². The zero-order valence-electron chi connectivity index (χ0n) is 14.4. The second-order valence-corrected chi connectivity index (χ2v) is 6.57. The molecule has 1 saturated heterocycles. The molecule has 5 nitrogen and oxygen atoms in total. The Bertz CT molecular complexity index is 500. The summed E-state index contributed by atoms with van der Waals surface area (Å²) in [5.41, 5.74) is 2.60. The lowest BCUT2D eigenvalue weighted by atomic mass is 9.95. The van der Waals surface area contributed by atoms with Crippen molar-refractivity contribution in [2.45, 2.75) is 38.5 Å². The zero-order valence-corrected chi connectivity index (χ0v) is 14.4. The van der Waals surface area contributed by atoms with E-state index in [1.54, 1.807) is 7.11 Å². The number of hydrogen-bond acceptors (Lipinski definition) is 5. The third-order valence-corrected chi connectivity index (χ3v) is 4.67. The molecule has 1 aliphatic rings. The molecule has 2 unspecified atom stereocenters. The average Bonchev–Trinajstić information content (AvgIpc) is 2.96. The minimum atomic E-state index is -1.13. The molecule has 1 fully saturated rings. The molecule has 130 valence electrons. The summed E-state index contributed by atoms with van der Waals surface area (Å²) in [6.07, 6.45) is -0.343. The van der Waals surface area contributed by atoms with Gasteiger partial charge in [-0.2, -0.15) is 0 Å². The zero-order chi connectivity index (χ0) is 16.9. The van der Waals surface area contributed by atoms with E-state index in [9.17, 15) is 10.2 Å². The first-order chi connectivity index (χ1) is 10.9. The monoisotopic (exact) mass is 323 g/mol. The molecule has 1 aromatic rings. The highest BCUT2D eigenvalue weighted by atomic mass is 16.5. The maximum absolute atomic E-state index is 10.4. The van der Waals surface area contributed by atoms with Crippen LogP contribution in [0, 0.1) is 13.8 Å². The number of rotatable bonds is 8. The van der Waals surface area contributed by atoms with Crippen LogP contribution in [0.5, 0.6) is 0 Å². The molecule has 0 bridgehead atoms. The normalized spacial score (nSPS) is 22.7. The van der Waals surface area contributed by atoms with Gasteiger partial charge in [-0.25, -0.2) is 0 Å². The first kappa shape index (κ1) is 18.4. The Labute approximate surface area is 138 Å². The highest BCUT2D eigenvalue weighted by Crippen LogP contribution is 2.23. The van der Waals surface area contributed by atoms with Gasteiger partial charge in [0.25, 0.3) is 0 Å². The highest BCUT2D eigenvalue weighted by Gasteiger charge is 2.40. The fourth-order valence-electron chi connectivity index (χ4n) is 2.86. The van der Waals surface area contributed by atoms with Crippen LogP contribution in [0.25, 0.3) is 0 Å². The van der Waals surface area contributed by atoms with Crippen molar-refractivity contribution in [3.8, 4) is 0 Å². The van der Waals surface area contributed by atoms with Gasteiger partial charge in [0.1, 0.15) is 5.60 Å². The Hall–Kier alpha value is -0.980. The van der Waals surface area contributed by atoms with E-state index >= 15 is 0 Å². The number of benzene rings is 1. The highest BCUT2D eigenvalue weighted by molar-refractivity contribution is 5.29. The van der Waals surface area contributed by atoms with Gasteiger partial charge in [-0.15, -0.1) is 0 Å². The first-order valence-corrected chi connectivity index (χ1v) is 8.20. The van der Waals surface area contributed by atoms with Gasteiger partial charge >= 0.3 is 0 Å². The van der Waals surface area contributed by atoms with E-state index in [1.165, 1.54) is 16.7 Å². The maximum Gasteiger partial charge on any atom is 0.117 e. The van der Waals surface area contributed by atoms with Crippen molar-refractivity contribution in [2.75, 3.05) is 40.0 Å². The van der Waals surface area contributed by atoms with Gasteiger partial charge in [0, 0.05) is 39.8 Å². The molecule has 0 radical (unpaired) electrons. The number of aliphatic hydroxyl groups excluding tert-OH is 1. The van der Waals surface area contributed by atoms with E-state index in [1.807, 2.05) is 0 Å². The van der Waals surface area contributed by atoms with Crippen molar-refractivity contribution in [1.82, 2.24) is 4.90 Å². The Morgan fingerprint density at radius 2 is 2.13 bits per heavy atom. The first-order valence-electron chi connectivity index (χ1n) is 8.20. The summed E-state index contributed by atoms with van der Waals surface area (Å²) in [6.45, 7) is 7.32. The Morgan fingerprint density at radius 3 is 2.74 bits per heavy atom. The lowest BCUT2D eigenvalue weighted by molar-refractivity contribution is -0.0890. The van der Waals surface area contributed by atoms with Crippen molar-refractivity contribution in [1.29, 1.82) is 0 Å². The third-order valence-electron chi connectivity index (χ3n) is 4.67. The van der Waals surface area contributed by atoms with Gasteiger partial charge in [-0.05, 0) is 30.5 Å². The van der Waals surface area contributed by atoms with E-state index in [0.717, 1.165) is 6.54 Å². The van der Waals surface area contributed by atoms with Crippen molar-refractivity contribution in [3.63, 3.8) is 0 Å². The average molecular weight is 323 g/mol. The molecule has 0 spiro atoms. The van der Waals surface area contributed by atoms with E-state index in [2.05, 4.69) is 36.9 Å². The topological polar surface area (TPSA) is 62.2 Å². The lowest BCUT2D eigenvalue weighted by Crippen LogP contribution is -2.49. The van der Waals surface area contributed by atoms with Crippen LogP contribution in [0.1, 0.15) is 23.1 Å². The minimum Gasteiger partial charge on any atom is -0.389 e. The predicted octanol–water partition coefficient (Wildman–Crippen LogP) is 1.26. The second kappa shape index (κ2) is 8.22. The number of aryl methyl sites for hydroxylation is 2. The van der Waals surface area contributed by atoms with Crippen LogP contribution in [0.4, 0.5) is 0 Å². The molecule has 2 N–H and O–H groups in total. The summed E-state index contributed by atoms with van der Waals surface area (Å²) >= 11 is 0. The summed E-state index contributed by atoms with van der Waals surface area (Å²) in [4.78, 5) is 2.12. The largest absolute Gasteiger partial charge is 0.389 e. The van der Waals surface area contributed by atoms with Gasteiger partial charge in [0.15, 0.2) is 0 Å². The van der Waals surface area contributed by atoms with Crippen LogP contribution in [-0.4, -0.2) is 66.8 Å². The van der Waals surface area contributed by atoms with Crippen LogP contribution in [0.3, 0.4) is 0 Å². The minimum absolute atomic E-state index is 0.204. The number of ether oxygens (including phenoxy) is 2. The molecule has 2 rings (SSSR count). The molecule has 1 aliphatic heterocycles. The molecular formula is C18H29NO4. The Morgan fingerprint density at radius 1 is 1.35 bits per heavy atom. The van der Waals surface area contributed by atoms with E-state index in [0.29, 0.717) is 32.7 Å². The van der Waals surface area contributed by atoms with E-state index in [4.69, 9.17) is 9.47 Å². The van der Waals surface area contributed by atoms with Gasteiger partial charge in [0.05, 0.1) is 19.3 Å². The summed E-state index contributed by atoms with van der Waals surface area (Å²) in [5, 5.41) is 20.9. The van der Waals surface area contributed by atoms with Crippen LogP contribution >= 0.6 is 0 Å². The molecule has 0 aromatic heterocycles. The predicted molar refractivity (Wildman–Crippen MR) is 89.5 cm³/mol. The van der Waals surface area contributed by atoms with Gasteiger partial charge in [-0.3, -0.25) is 4.90 Å². The number of nitrogens with zero attached hydrogens (tertiary/aromatic N) is 1. The molecule has 2 atom stereocenters. The van der Waals surface area contributed by atoms with Crippen molar-refractivity contribution >= 4 is 0 Å². The Kier molecular flexibility index (Phi) is 6.56. The number of hydrogen-bond donors (Lipinski definition) is 2. The number of methoxy groups -OCH3 is 1. The fraction of sp³-hybridized carbons (Fsp3) is 0.667. The lowest BCUT2D eigenvalue weighted by Gasteiger charge is -2.32. The van der Waals surface area contributed by atoms with Crippen LogP contribution in [-0.2, 0) is 16.0 Å².